The van der Waals surface area contributed by atoms with Crippen LogP contribution in [0.15, 0.2) is 47.3 Å². The van der Waals surface area contributed by atoms with Crippen molar-refractivity contribution in [3.8, 4) is 5.75 Å². The largest absolute Gasteiger partial charge is 0.481 e. The molecule has 3 aromatic rings. The number of amides is 1. The van der Waals surface area contributed by atoms with Crippen molar-refractivity contribution in [2.24, 2.45) is 14.1 Å². The lowest BCUT2D eigenvalue weighted by Gasteiger charge is -2.17. The number of para-hydroxylation sites is 1. The maximum Gasteiger partial charge on any atom is 0.328 e. The average Bonchev–Trinajstić information content (AvgIpc) is 2.86. The lowest BCUT2D eigenvalue weighted by atomic mass is 10.1. The van der Waals surface area contributed by atoms with Gasteiger partial charge in [0.25, 0.3) is 5.91 Å². The SMILES string of the molecule is CCc1ccccc1O[C@@H](C)C(=O)Nc1ccc2c(c1)n(C)c(=O)n2C. The predicted molar refractivity (Wildman–Crippen MR) is 103 cm³/mol. The van der Waals surface area contributed by atoms with Crippen molar-refractivity contribution in [1.29, 1.82) is 0 Å². The molecular formula is C20H23N3O3. The van der Waals surface area contributed by atoms with Crippen molar-refractivity contribution < 1.29 is 9.53 Å². The molecule has 1 aromatic heterocycles. The zero-order chi connectivity index (χ0) is 18.8. The molecular weight excluding hydrogens is 330 g/mol. The number of imidazole rings is 1. The van der Waals surface area contributed by atoms with Crippen molar-refractivity contribution in [3.63, 3.8) is 0 Å². The number of fused-ring (bicyclic) bond motifs is 1. The molecule has 0 bridgehead atoms. The molecule has 0 spiro atoms. The number of aryl methyl sites for hydroxylation is 3. The first-order chi connectivity index (χ1) is 12.4. The van der Waals surface area contributed by atoms with Crippen molar-refractivity contribution in [1.82, 2.24) is 9.13 Å². The summed E-state index contributed by atoms with van der Waals surface area (Å²) < 4.78 is 8.97. The summed E-state index contributed by atoms with van der Waals surface area (Å²) in [6.45, 7) is 3.77. The van der Waals surface area contributed by atoms with Crippen LogP contribution in [0.2, 0.25) is 0 Å². The number of anilines is 1. The van der Waals surface area contributed by atoms with Crippen LogP contribution < -0.4 is 15.7 Å². The highest BCUT2D eigenvalue weighted by Gasteiger charge is 2.17. The number of ether oxygens (including phenoxy) is 1. The van der Waals surface area contributed by atoms with Gasteiger partial charge in [-0.3, -0.25) is 13.9 Å². The van der Waals surface area contributed by atoms with E-state index in [9.17, 15) is 9.59 Å². The lowest BCUT2D eigenvalue weighted by molar-refractivity contribution is -0.122. The topological polar surface area (TPSA) is 65.3 Å². The van der Waals surface area contributed by atoms with E-state index in [1.807, 2.05) is 37.3 Å². The molecule has 0 saturated carbocycles. The molecule has 6 nitrogen and oxygen atoms in total. The number of nitrogens with zero attached hydrogens (tertiary/aromatic N) is 2. The molecule has 3 rings (SSSR count). The summed E-state index contributed by atoms with van der Waals surface area (Å²) in [5, 5.41) is 2.86. The van der Waals surface area contributed by atoms with Gasteiger partial charge in [-0.1, -0.05) is 25.1 Å². The van der Waals surface area contributed by atoms with Crippen LogP contribution in [0.3, 0.4) is 0 Å². The summed E-state index contributed by atoms with van der Waals surface area (Å²) >= 11 is 0. The third-order valence-electron chi connectivity index (χ3n) is 4.57. The molecule has 6 heteroatoms. The van der Waals surface area contributed by atoms with E-state index < -0.39 is 6.10 Å². The van der Waals surface area contributed by atoms with Crippen LogP contribution >= 0.6 is 0 Å². The summed E-state index contributed by atoms with van der Waals surface area (Å²) in [4.78, 5) is 24.5. The summed E-state index contributed by atoms with van der Waals surface area (Å²) in [6.07, 6.45) is 0.196. The highest BCUT2D eigenvalue weighted by atomic mass is 16.5. The molecule has 0 unspecified atom stereocenters. The first-order valence-electron chi connectivity index (χ1n) is 8.63. The Morgan fingerprint density at radius 1 is 1.12 bits per heavy atom. The lowest BCUT2D eigenvalue weighted by Crippen LogP contribution is -2.30. The Kier molecular flexibility index (Phi) is 4.84. The summed E-state index contributed by atoms with van der Waals surface area (Å²) in [5.41, 5.74) is 3.17. The number of benzene rings is 2. The molecule has 0 radical (unpaired) electrons. The minimum absolute atomic E-state index is 0.101. The Morgan fingerprint density at radius 3 is 2.54 bits per heavy atom. The van der Waals surface area contributed by atoms with Crippen LogP contribution in [0.5, 0.6) is 5.75 Å². The molecule has 136 valence electrons. The van der Waals surface area contributed by atoms with Crippen LogP contribution in [0.1, 0.15) is 19.4 Å². The second-order valence-corrected chi connectivity index (χ2v) is 6.31. The zero-order valence-electron chi connectivity index (χ0n) is 15.4. The van der Waals surface area contributed by atoms with Crippen molar-refractivity contribution in [2.75, 3.05) is 5.32 Å². The molecule has 1 N–H and O–H groups in total. The monoisotopic (exact) mass is 353 g/mol. The number of hydrogen-bond donors (Lipinski definition) is 1. The average molecular weight is 353 g/mol. The van der Waals surface area contributed by atoms with E-state index in [1.165, 1.54) is 0 Å². The predicted octanol–water partition coefficient (Wildman–Crippen LogP) is 2.85. The van der Waals surface area contributed by atoms with Gasteiger partial charge in [-0.25, -0.2) is 4.79 Å². The van der Waals surface area contributed by atoms with Crippen LogP contribution in [0, 0.1) is 0 Å². The quantitative estimate of drug-likeness (QED) is 0.767. The van der Waals surface area contributed by atoms with E-state index in [4.69, 9.17) is 4.74 Å². The molecule has 0 aliphatic carbocycles. The van der Waals surface area contributed by atoms with Crippen LogP contribution in [-0.4, -0.2) is 21.1 Å². The molecule has 2 aromatic carbocycles. The Bertz CT molecular complexity index is 1020. The van der Waals surface area contributed by atoms with Gasteiger partial charge in [0.2, 0.25) is 0 Å². The van der Waals surface area contributed by atoms with Crippen molar-refractivity contribution in [3.05, 3.63) is 58.5 Å². The molecule has 1 amide bonds. The highest BCUT2D eigenvalue weighted by Crippen LogP contribution is 2.21. The van der Waals surface area contributed by atoms with E-state index in [2.05, 4.69) is 5.32 Å². The number of nitrogens with one attached hydrogen (secondary N) is 1. The molecule has 0 aliphatic heterocycles. The summed E-state index contributed by atoms with van der Waals surface area (Å²) in [5.74, 6) is 0.481. The fourth-order valence-electron chi connectivity index (χ4n) is 2.98. The second-order valence-electron chi connectivity index (χ2n) is 6.31. The Balaban J connectivity index is 1.78. The third-order valence-corrected chi connectivity index (χ3v) is 4.57. The van der Waals surface area contributed by atoms with Crippen LogP contribution in [0.25, 0.3) is 11.0 Å². The maximum absolute atomic E-state index is 12.5. The number of carbonyl (C=O) groups is 1. The minimum atomic E-state index is -0.641. The minimum Gasteiger partial charge on any atom is -0.481 e. The van der Waals surface area contributed by atoms with Gasteiger partial charge in [-0.05, 0) is 43.2 Å². The Labute approximate surface area is 152 Å². The van der Waals surface area contributed by atoms with Crippen molar-refractivity contribution in [2.45, 2.75) is 26.4 Å². The molecule has 1 heterocycles. The standard InChI is InChI=1S/C20H23N3O3/c1-5-14-8-6-7-9-18(14)26-13(2)19(24)21-15-10-11-16-17(12-15)23(4)20(25)22(16)3/h6-13H,5H2,1-4H3,(H,21,24)/t13-/m0/s1. The number of carbonyl (C=O) groups excluding carboxylic acids is 1. The first kappa shape index (κ1) is 17.8. The van der Waals surface area contributed by atoms with Gasteiger partial charge in [-0.15, -0.1) is 0 Å². The van der Waals surface area contributed by atoms with Gasteiger partial charge in [0.05, 0.1) is 11.0 Å². The first-order valence-corrected chi connectivity index (χ1v) is 8.63. The van der Waals surface area contributed by atoms with Gasteiger partial charge >= 0.3 is 5.69 Å². The number of hydrogen-bond acceptors (Lipinski definition) is 3. The number of aromatic nitrogens is 2. The summed E-state index contributed by atoms with van der Waals surface area (Å²) in [6, 6.07) is 13.1. The van der Waals surface area contributed by atoms with E-state index >= 15 is 0 Å². The normalized spacial score (nSPS) is 12.2. The number of rotatable bonds is 5. The highest BCUT2D eigenvalue weighted by molar-refractivity contribution is 5.95. The smallest absolute Gasteiger partial charge is 0.328 e. The zero-order valence-corrected chi connectivity index (χ0v) is 15.4. The van der Waals surface area contributed by atoms with Gasteiger partial charge in [0, 0.05) is 19.8 Å². The second kappa shape index (κ2) is 7.07. The van der Waals surface area contributed by atoms with E-state index in [-0.39, 0.29) is 11.6 Å². The maximum atomic E-state index is 12.5. The van der Waals surface area contributed by atoms with E-state index in [1.54, 1.807) is 42.3 Å². The van der Waals surface area contributed by atoms with Crippen LogP contribution in [-0.2, 0) is 25.3 Å². The van der Waals surface area contributed by atoms with Crippen molar-refractivity contribution >= 4 is 22.6 Å². The molecule has 0 fully saturated rings. The Hall–Kier alpha value is -3.02. The van der Waals surface area contributed by atoms with E-state index in [0.29, 0.717) is 5.69 Å². The third kappa shape index (κ3) is 3.22. The Morgan fingerprint density at radius 2 is 1.81 bits per heavy atom. The van der Waals surface area contributed by atoms with Gasteiger partial charge < -0.3 is 10.1 Å². The molecule has 0 saturated heterocycles. The van der Waals surface area contributed by atoms with Gasteiger partial charge in [0.1, 0.15) is 5.75 Å². The molecule has 1 atom stereocenters. The molecule has 26 heavy (non-hydrogen) atoms. The van der Waals surface area contributed by atoms with Gasteiger partial charge in [-0.2, -0.15) is 0 Å². The molecule has 0 aliphatic rings. The fraction of sp³-hybridized carbons (Fsp3) is 0.300. The fourth-order valence-corrected chi connectivity index (χ4v) is 2.98. The summed E-state index contributed by atoms with van der Waals surface area (Å²) in [7, 11) is 3.44. The van der Waals surface area contributed by atoms with Crippen LogP contribution in [0.4, 0.5) is 5.69 Å². The van der Waals surface area contributed by atoms with E-state index in [0.717, 1.165) is 28.8 Å². The van der Waals surface area contributed by atoms with Gasteiger partial charge in [0.15, 0.2) is 6.10 Å².